The first-order chi connectivity index (χ1) is 10.2. The van der Waals surface area contributed by atoms with Crippen molar-refractivity contribution in [1.29, 1.82) is 0 Å². The number of pyridine rings is 1. The Kier molecular flexibility index (Phi) is 6.14. The van der Waals surface area contributed by atoms with Crippen molar-refractivity contribution in [3.63, 3.8) is 0 Å². The molecule has 1 unspecified atom stereocenters. The van der Waals surface area contributed by atoms with Gasteiger partial charge in [-0.2, -0.15) is 0 Å². The SMILES string of the molecule is CN(Cc1ccccn1)C(CN)CC(=O)N1CCCCC1. The van der Waals surface area contributed by atoms with Gasteiger partial charge in [-0.1, -0.05) is 6.07 Å². The van der Waals surface area contributed by atoms with E-state index in [-0.39, 0.29) is 11.9 Å². The molecule has 0 saturated carbocycles. The van der Waals surface area contributed by atoms with Crippen molar-refractivity contribution in [1.82, 2.24) is 14.8 Å². The molecular weight excluding hydrogens is 264 g/mol. The van der Waals surface area contributed by atoms with Gasteiger partial charge in [0, 0.05) is 44.8 Å². The minimum Gasteiger partial charge on any atom is -0.343 e. The number of nitrogens with zero attached hydrogens (tertiary/aromatic N) is 3. The summed E-state index contributed by atoms with van der Waals surface area (Å²) in [4.78, 5) is 20.8. The Bertz CT molecular complexity index is 431. The number of likely N-dealkylation sites (N-methyl/N-ethyl adjacent to an activating group) is 1. The molecule has 1 aliphatic rings. The summed E-state index contributed by atoms with van der Waals surface area (Å²) in [6, 6.07) is 5.95. The predicted molar refractivity (Wildman–Crippen MR) is 83.6 cm³/mol. The lowest BCUT2D eigenvalue weighted by molar-refractivity contribution is -0.133. The first-order valence-corrected chi connectivity index (χ1v) is 7.78. The second-order valence-electron chi connectivity index (χ2n) is 5.77. The van der Waals surface area contributed by atoms with Gasteiger partial charge < -0.3 is 10.6 Å². The minimum absolute atomic E-state index is 0.0708. The molecule has 1 atom stereocenters. The maximum Gasteiger partial charge on any atom is 0.224 e. The number of nitrogens with two attached hydrogens (primary N) is 1. The number of hydrogen-bond acceptors (Lipinski definition) is 4. The van der Waals surface area contributed by atoms with E-state index in [9.17, 15) is 4.79 Å². The Labute approximate surface area is 127 Å². The maximum absolute atomic E-state index is 12.4. The first kappa shape index (κ1) is 15.9. The van der Waals surface area contributed by atoms with Crippen LogP contribution in [0.5, 0.6) is 0 Å². The van der Waals surface area contributed by atoms with Crippen molar-refractivity contribution in [3.8, 4) is 0 Å². The summed E-state index contributed by atoms with van der Waals surface area (Å²) < 4.78 is 0. The minimum atomic E-state index is 0.0708. The lowest BCUT2D eigenvalue weighted by atomic mass is 10.1. The van der Waals surface area contributed by atoms with Gasteiger partial charge in [0.15, 0.2) is 0 Å². The highest BCUT2D eigenvalue weighted by Gasteiger charge is 2.22. The van der Waals surface area contributed by atoms with Crippen LogP contribution in [0.3, 0.4) is 0 Å². The van der Waals surface area contributed by atoms with E-state index in [0.717, 1.165) is 38.2 Å². The third-order valence-corrected chi connectivity index (χ3v) is 4.15. The number of amides is 1. The van der Waals surface area contributed by atoms with Gasteiger partial charge in [-0.25, -0.2) is 0 Å². The van der Waals surface area contributed by atoms with Crippen LogP contribution in [0.15, 0.2) is 24.4 Å². The van der Waals surface area contributed by atoms with Crippen LogP contribution in [0.2, 0.25) is 0 Å². The fourth-order valence-electron chi connectivity index (χ4n) is 2.77. The maximum atomic E-state index is 12.4. The van der Waals surface area contributed by atoms with Crippen molar-refractivity contribution in [3.05, 3.63) is 30.1 Å². The zero-order chi connectivity index (χ0) is 15.1. The summed E-state index contributed by atoms with van der Waals surface area (Å²) in [7, 11) is 2.01. The van der Waals surface area contributed by atoms with Crippen LogP contribution in [0.25, 0.3) is 0 Å². The highest BCUT2D eigenvalue weighted by molar-refractivity contribution is 5.76. The van der Waals surface area contributed by atoms with Gasteiger partial charge in [0.1, 0.15) is 0 Å². The highest BCUT2D eigenvalue weighted by atomic mass is 16.2. The Hall–Kier alpha value is -1.46. The van der Waals surface area contributed by atoms with Crippen LogP contribution >= 0.6 is 0 Å². The van der Waals surface area contributed by atoms with Gasteiger partial charge in [-0.05, 0) is 38.4 Å². The summed E-state index contributed by atoms with van der Waals surface area (Å²) in [6.07, 6.45) is 5.79. The smallest absolute Gasteiger partial charge is 0.224 e. The molecule has 1 aromatic heterocycles. The van der Waals surface area contributed by atoms with E-state index in [0.29, 0.717) is 13.0 Å². The number of hydrogen-bond donors (Lipinski definition) is 1. The van der Waals surface area contributed by atoms with Crippen LogP contribution in [-0.2, 0) is 11.3 Å². The molecule has 2 N–H and O–H groups in total. The molecule has 2 rings (SSSR count). The van der Waals surface area contributed by atoms with Gasteiger partial charge >= 0.3 is 0 Å². The number of likely N-dealkylation sites (tertiary alicyclic amines) is 1. The molecule has 1 aliphatic heterocycles. The number of piperidine rings is 1. The van der Waals surface area contributed by atoms with Crippen molar-refractivity contribution in [2.45, 2.75) is 38.3 Å². The summed E-state index contributed by atoms with van der Waals surface area (Å²) in [6.45, 7) is 3.01. The van der Waals surface area contributed by atoms with E-state index in [1.807, 2.05) is 30.1 Å². The van der Waals surface area contributed by atoms with E-state index in [1.54, 1.807) is 6.20 Å². The summed E-state index contributed by atoms with van der Waals surface area (Å²) in [5, 5.41) is 0. The molecule has 1 saturated heterocycles. The van der Waals surface area contributed by atoms with E-state index in [4.69, 9.17) is 5.73 Å². The van der Waals surface area contributed by atoms with Crippen molar-refractivity contribution in [2.75, 3.05) is 26.7 Å². The molecule has 0 radical (unpaired) electrons. The monoisotopic (exact) mass is 290 g/mol. The number of carbonyl (C=O) groups excluding carboxylic acids is 1. The molecule has 116 valence electrons. The molecule has 0 spiro atoms. The van der Waals surface area contributed by atoms with Crippen LogP contribution in [0.4, 0.5) is 0 Å². The zero-order valence-corrected chi connectivity index (χ0v) is 12.9. The Morgan fingerprint density at radius 1 is 1.38 bits per heavy atom. The molecule has 1 fully saturated rings. The van der Waals surface area contributed by atoms with Gasteiger partial charge in [0.05, 0.1) is 5.69 Å². The van der Waals surface area contributed by atoms with Gasteiger partial charge in [0.25, 0.3) is 0 Å². The Morgan fingerprint density at radius 2 is 2.14 bits per heavy atom. The zero-order valence-electron chi connectivity index (χ0n) is 12.9. The largest absolute Gasteiger partial charge is 0.343 e. The van der Waals surface area contributed by atoms with E-state index in [2.05, 4.69) is 9.88 Å². The third-order valence-electron chi connectivity index (χ3n) is 4.15. The second kappa shape index (κ2) is 8.10. The molecule has 1 amide bonds. The van der Waals surface area contributed by atoms with Crippen LogP contribution in [-0.4, -0.2) is 53.4 Å². The van der Waals surface area contributed by atoms with Crippen LogP contribution in [0, 0.1) is 0 Å². The van der Waals surface area contributed by atoms with E-state index in [1.165, 1.54) is 6.42 Å². The Balaban J connectivity index is 1.87. The third kappa shape index (κ3) is 4.79. The second-order valence-corrected chi connectivity index (χ2v) is 5.77. The normalized spacial score (nSPS) is 17.0. The van der Waals surface area contributed by atoms with E-state index < -0.39 is 0 Å². The molecule has 5 nitrogen and oxygen atoms in total. The average molecular weight is 290 g/mol. The molecular formula is C16H26N4O. The number of aromatic nitrogens is 1. The molecule has 0 aromatic carbocycles. The number of rotatable bonds is 6. The van der Waals surface area contributed by atoms with Crippen LogP contribution in [0.1, 0.15) is 31.4 Å². The predicted octanol–water partition coefficient (Wildman–Crippen LogP) is 1.24. The fourth-order valence-corrected chi connectivity index (χ4v) is 2.77. The summed E-state index contributed by atoms with van der Waals surface area (Å²) in [5.41, 5.74) is 6.88. The topological polar surface area (TPSA) is 62.5 Å². The lowest BCUT2D eigenvalue weighted by Crippen LogP contribution is -2.44. The molecule has 5 heteroatoms. The fraction of sp³-hybridized carbons (Fsp3) is 0.625. The van der Waals surface area contributed by atoms with Crippen molar-refractivity contribution >= 4 is 5.91 Å². The summed E-state index contributed by atoms with van der Waals surface area (Å²) >= 11 is 0. The molecule has 0 aliphatic carbocycles. The first-order valence-electron chi connectivity index (χ1n) is 7.78. The standard InChI is InChI=1S/C16H26N4O/c1-19(13-14-7-3-4-8-18-14)15(12-17)11-16(21)20-9-5-2-6-10-20/h3-4,7-8,15H,2,5-6,9-13,17H2,1H3. The van der Waals surface area contributed by atoms with Crippen molar-refractivity contribution in [2.24, 2.45) is 5.73 Å². The van der Waals surface area contributed by atoms with Crippen molar-refractivity contribution < 1.29 is 4.79 Å². The molecule has 2 heterocycles. The molecule has 1 aromatic rings. The van der Waals surface area contributed by atoms with Gasteiger partial charge in [-0.3, -0.25) is 14.7 Å². The lowest BCUT2D eigenvalue weighted by Gasteiger charge is -2.31. The molecule has 21 heavy (non-hydrogen) atoms. The summed E-state index contributed by atoms with van der Waals surface area (Å²) in [5.74, 6) is 0.234. The molecule has 0 bridgehead atoms. The highest BCUT2D eigenvalue weighted by Crippen LogP contribution is 2.13. The van der Waals surface area contributed by atoms with Crippen LogP contribution < -0.4 is 5.73 Å². The quantitative estimate of drug-likeness (QED) is 0.856. The van der Waals surface area contributed by atoms with Gasteiger partial charge in [-0.15, -0.1) is 0 Å². The van der Waals surface area contributed by atoms with E-state index >= 15 is 0 Å². The number of carbonyl (C=O) groups is 1. The average Bonchev–Trinajstić information content (AvgIpc) is 2.54. The van der Waals surface area contributed by atoms with Gasteiger partial charge in [0.2, 0.25) is 5.91 Å². The Morgan fingerprint density at radius 3 is 2.76 bits per heavy atom.